The van der Waals surface area contributed by atoms with Crippen molar-refractivity contribution >= 4 is 23.7 Å². The standard InChI is InChI=1S/C24H34N6O5/c1-14(2)9-18(22(32)30-20(24(34)35)10-16-7-5-4-6-8-16)29-23(33)19(28-21(31)15(3)25)11-17-12-26-13-27-17/h4-8,12-15,18-20H,9-11,25H2,1-3H3,(H,26,27)(H,28,31)(H,29,33)(H,30,32)(H,34,35). The van der Waals surface area contributed by atoms with E-state index in [2.05, 4.69) is 25.9 Å². The number of aromatic amines is 1. The van der Waals surface area contributed by atoms with Gasteiger partial charge in [0.15, 0.2) is 0 Å². The Morgan fingerprint density at radius 3 is 2.06 bits per heavy atom. The summed E-state index contributed by atoms with van der Waals surface area (Å²) >= 11 is 0. The van der Waals surface area contributed by atoms with Gasteiger partial charge in [-0.25, -0.2) is 9.78 Å². The third-order valence-electron chi connectivity index (χ3n) is 5.26. The van der Waals surface area contributed by atoms with Crippen LogP contribution in [0.3, 0.4) is 0 Å². The number of imidazole rings is 1. The summed E-state index contributed by atoms with van der Waals surface area (Å²) in [5.41, 5.74) is 6.99. The Kier molecular flexibility index (Phi) is 10.4. The van der Waals surface area contributed by atoms with Gasteiger partial charge in [0.1, 0.15) is 18.1 Å². The molecule has 4 unspecified atom stereocenters. The molecule has 0 aliphatic rings. The number of nitrogens with two attached hydrogens (primary N) is 1. The smallest absolute Gasteiger partial charge is 0.326 e. The first kappa shape index (κ1) is 27.5. The number of aliphatic carboxylic acids is 1. The molecule has 0 aliphatic carbocycles. The molecule has 0 saturated heterocycles. The van der Waals surface area contributed by atoms with Gasteiger partial charge in [-0.2, -0.15) is 0 Å². The van der Waals surface area contributed by atoms with Gasteiger partial charge in [-0.15, -0.1) is 0 Å². The first-order valence-corrected chi connectivity index (χ1v) is 11.5. The number of nitrogens with zero attached hydrogens (tertiary/aromatic N) is 1. The van der Waals surface area contributed by atoms with Crippen molar-refractivity contribution in [3.63, 3.8) is 0 Å². The summed E-state index contributed by atoms with van der Waals surface area (Å²) in [5.74, 6) is -2.90. The van der Waals surface area contributed by atoms with E-state index in [0.29, 0.717) is 5.69 Å². The molecule has 2 rings (SSSR count). The van der Waals surface area contributed by atoms with E-state index in [1.165, 1.54) is 19.4 Å². The number of carbonyl (C=O) groups is 4. The monoisotopic (exact) mass is 486 g/mol. The molecule has 0 aliphatic heterocycles. The van der Waals surface area contributed by atoms with Crippen molar-refractivity contribution in [1.29, 1.82) is 0 Å². The highest BCUT2D eigenvalue weighted by Crippen LogP contribution is 2.09. The molecule has 1 aromatic carbocycles. The summed E-state index contributed by atoms with van der Waals surface area (Å²) in [6, 6.07) is 4.91. The molecule has 4 atom stereocenters. The predicted molar refractivity (Wildman–Crippen MR) is 129 cm³/mol. The second kappa shape index (κ2) is 13.2. The van der Waals surface area contributed by atoms with Crippen LogP contribution in [0.5, 0.6) is 0 Å². The molecule has 0 spiro atoms. The highest BCUT2D eigenvalue weighted by Gasteiger charge is 2.30. The van der Waals surface area contributed by atoms with E-state index in [1.54, 1.807) is 24.3 Å². The van der Waals surface area contributed by atoms with Crippen molar-refractivity contribution in [1.82, 2.24) is 25.9 Å². The Morgan fingerprint density at radius 1 is 0.914 bits per heavy atom. The third kappa shape index (κ3) is 9.20. The molecule has 0 radical (unpaired) electrons. The number of H-pyrrole nitrogens is 1. The fourth-order valence-corrected chi connectivity index (χ4v) is 3.43. The molecule has 0 saturated carbocycles. The molecule has 3 amide bonds. The predicted octanol–water partition coefficient (Wildman–Crippen LogP) is 0.127. The minimum Gasteiger partial charge on any atom is -0.480 e. The van der Waals surface area contributed by atoms with Crippen molar-refractivity contribution in [3.8, 4) is 0 Å². The van der Waals surface area contributed by atoms with Gasteiger partial charge in [0.25, 0.3) is 0 Å². The van der Waals surface area contributed by atoms with E-state index in [0.717, 1.165) is 5.56 Å². The highest BCUT2D eigenvalue weighted by atomic mass is 16.4. The summed E-state index contributed by atoms with van der Waals surface area (Å²) < 4.78 is 0. The first-order valence-electron chi connectivity index (χ1n) is 11.5. The van der Waals surface area contributed by atoms with Gasteiger partial charge in [-0.3, -0.25) is 14.4 Å². The lowest BCUT2D eigenvalue weighted by molar-refractivity contribution is -0.142. The van der Waals surface area contributed by atoms with Gasteiger partial charge in [0.05, 0.1) is 12.4 Å². The molecule has 35 heavy (non-hydrogen) atoms. The Labute approximate surface area is 204 Å². The molecule has 1 heterocycles. The van der Waals surface area contributed by atoms with E-state index in [-0.39, 0.29) is 25.2 Å². The van der Waals surface area contributed by atoms with Crippen LogP contribution in [0.2, 0.25) is 0 Å². The van der Waals surface area contributed by atoms with Crippen LogP contribution >= 0.6 is 0 Å². The normalized spacial score (nSPS) is 14.4. The average Bonchev–Trinajstić information content (AvgIpc) is 3.31. The summed E-state index contributed by atoms with van der Waals surface area (Å²) in [4.78, 5) is 57.0. The number of carboxylic acids is 1. The molecule has 2 aromatic rings. The zero-order valence-corrected chi connectivity index (χ0v) is 20.2. The number of aromatic nitrogens is 2. The van der Waals surface area contributed by atoms with Crippen LogP contribution in [-0.2, 0) is 32.0 Å². The SMILES string of the molecule is CC(C)CC(NC(=O)C(Cc1cnc[nH]1)NC(=O)C(C)N)C(=O)NC(Cc1ccccc1)C(=O)O. The maximum Gasteiger partial charge on any atom is 0.326 e. The second-order valence-corrected chi connectivity index (χ2v) is 8.91. The van der Waals surface area contributed by atoms with Gasteiger partial charge < -0.3 is 31.8 Å². The van der Waals surface area contributed by atoms with Gasteiger partial charge in [-0.1, -0.05) is 44.2 Å². The van der Waals surface area contributed by atoms with Gasteiger partial charge in [0.2, 0.25) is 17.7 Å². The number of hydrogen-bond donors (Lipinski definition) is 6. The van der Waals surface area contributed by atoms with Crippen LogP contribution in [0.25, 0.3) is 0 Å². The lowest BCUT2D eigenvalue weighted by Crippen LogP contribution is -2.57. The van der Waals surface area contributed by atoms with Gasteiger partial charge in [0, 0.05) is 24.7 Å². The van der Waals surface area contributed by atoms with E-state index in [4.69, 9.17) is 5.73 Å². The van der Waals surface area contributed by atoms with Crippen molar-refractivity contribution in [3.05, 3.63) is 54.1 Å². The number of nitrogens with one attached hydrogen (secondary N) is 4. The largest absolute Gasteiger partial charge is 0.480 e. The topological polar surface area (TPSA) is 179 Å². The molecule has 0 bridgehead atoms. The molecular formula is C24H34N6O5. The van der Waals surface area contributed by atoms with Crippen molar-refractivity contribution in [2.45, 2.75) is 64.2 Å². The van der Waals surface area contributed by atoms with Gasteiger partial charge >= 0.3 is 5.97 Å². The van der Waals surface area contributed by atoms with Crippen molar-refractivity contribution in [2.24, 2.45) is 11.7 Å². The zero-order valence-electron chi connectivity index (χ0n) is 20.2. The van der Waals surface area contributed by atoms with Crippen LogP contribution in [0.4, 0.5) is 0 Å². The fourth-order valence-electron chi connectivity index (χ4n) is 3.43. The number of carbonyl (C=O) groups excluding carboxylic acids is 3. The number of carboxylic acid groups (broad SMARTS) is 1. The van der Waals surface area contributed by atoms with Crippen LogP contribution in [0.1, 0.15) is 38.4 Å². The highest BCUT2D eigenvalue weighted by molar-refractivity contribution is 5.94. The first-order chi connectivity index (χ1) is 16.6. The Morgan fingerprint density at radius 2 is 1.51 bits per heavy atom. The second-order valence-electron chi connectivity index (χ2n) is 8.91. The molecule has 11 nitrogen and oxygen atoms in total. The van der Waals surface area contributed by atoms with E-state index >= 15 is 0 Å². The van der Waals surface area contributed by atoms with Crippen LogP contribution in [0.15, 0.2) is 42.9 Å². The van der Waals surface area contributed by atoms with Crippen LogP contribution < -0.4 is 21.7 Å². The number of benzene rings is 1. The molecule has 0 fully saturated rings. The number of rotatable bonds is 13. The summed E-state index contributed by atoms with van der Waals surface area (Å²) in [6.45, 7) is 5.25. The maximum atomic E-state index is 13.1. The summed E-state index contributed by atoms with van der Waals surface area (Å²) in [7, 11) is 0. The van der Waals surface area contributed by atoms with E-state index < -0.39 is 47.9 Å². The Bertz CT molecular complexity index is 978. The third-order valence-corrected chi connectivity index (χ3v) is 5.26. The van der Waals surface area contributed by atoms with Crippen molar-refractivity contribution < 1.29 is 24.3 Å². The zero-order chi connectivity index (χ0) is 26.0. The van der Waals surface area contributed by atoms with E-state index in [1.807, 2.05) is 19.9 Å². The van der Waals surface area contributed by atoms with Gasteiger partial charge in [-0.05, 0) is 24.8 Å². The number of hydrogen-bond acceptors (Lipinski definition) is 6. The molecule has 7 N–H and O–H groups in total. The molecule has 190 valence electrons. The maximum absolute atomic E-state index is 13.1. The summed E-state index contributed by atoms with van der Waals surface area (Å²) in [6.07, 6.45) is 3.44. The van der Waals surface area contributed by atoms with E-state index in [9.17, 15) is 24.3 Å². The fraction of sp³-hybridized carbons (Fsp3) is 0.458. The molecule has 1 aromatic heterocycles. The van der Waals surface area contributed by atoms with Crippen LogP contribution in [0, 0.1) is 5.92 Å². The van der Waals surface area contributed by atoms with Crippen LogP contribution in [-0.4, -0.2) is 62.9 Å². The Hall–Kier alpha value is -3.73. The molecular weight excluding hydrogens is 452 g/mol. The summed E-state index contributed by atoms with van der Waals surface area (Å²) in [5, 5.41) is 17.5. The lowest BCUT2D eigenvalue weighted by Gasteiger charge is -2.25. The minimum atomic E-state index is -1.18. The number of amides is 3. The lowest BCUT2D eigenvalue weighted by atomic mass is 10.0. The quantitative estimate of drug-likeness (QED) is 0.233. The Balaban J connectivity index is 2.16. The minimum absolute atomic E-state index is 0.0214. The van der Waals surface area contributed by atoms with Crippen molar-refractivity contribution in [2.75, 3.05) is 0 Å². The average molecular weight is 487 g/mol. The molecule has 11 heteroatoms.